The Kier molecular flexibility index (Phi) is 4.44. The maximum Gasteiger partial charge on any atom is 0.263 e. The minimum Gasteiger partial charge on any atom is -0.479 e. The van der Waals surface area contributed by atoms with Gasteiger partial charge < -0.3 is 14.4 Å². The molecule has 98 valence electrons. The van der Waals surface area contributed by atoms with Crippen LogP contribution in [0, 0.1) is 0 Å². The molecule has 1 aliphatic heterocycles. The monoisotopic (exact) mass is 269 g/mol. The molecule has 2 rings (SSSR count). The lowest BCUT2D eigenvalue weighted by molar-refractivity contribution is -0.142. The smallest absolute Gasteiger partial charge is 0.263 e. The SMILES string of the molecule is C[C@H](Oc1ccccc1Cl)C(=O)N1CCOCC1. The van der Waals surface area contributed by atoms with Gasteiger partial charge in [0.15, 0.2) is 6.10 Å². The number of carbonyl (C=O) groups is 1. The summed E-state index contributed by atoms with van der Waals surface area (Å²) in [6, 6.07) is 7.14. The fourth-order valence-electron chi connectivity index (χ4n) is 1.82. The first-order valence-corrected chi connectivity index (χ1v) is 6.34. The summed E-state index contributed by atoms with van der Waals surface area (Å²) in [5, 5.41) is 0.513. The first kappa shape index (κ1) is 13.2. The van der Waals surface area contributed by atoms with Crippen LogP contribution >= 0.6 is 11.6 Å². The molecule has 4 nitrogen and oxygen atoms in total. The van der Waals surface area contributed by atoms with Crippen LogP contribution in [-0.4, -0.2) is 43.2 Å². The first-order valence-electron chi connectivity index (χ1n) is 5.96. The topological polar surface area (TPSA) is 38.8 Å². The Morgan fingerprint density at radius 3 is 2.72 bits per heavy atom. The summed E-state index contributed by atoms with van der Waals surface area (Å²) < 4.78 is 10.8. The van der Waals surface area contributed by atoms with Gasteiger partial charge >= 0.3 is 0 Å². The molecule has 0 aliphatic carbocycles. The van der Waals surface area contributed by atoms with Crippen LogP contribution in [0.3, 0.4) is 0 Å². The highest BCUT2D eigenvalue weighted by Gasteiger charge is 2.24. The van der Waals surface area contributed by atoms with Gasteiger partial charge in [-0.05, 0) is 19.1 Å². The number of para-hydroxylation sites is 1. The van der Waals surface area contributed by atoms with E-state index in [1.165, 1.54) is 0 Å². The third-order valence-electron chi connectivity index (χ3n) is 2.81. The van der Waals surface area contributed by atoms with E-state index in [9.17, 15) is 4.79 Å². The zero-order chi connectivity index (χ0) is 13.0. The van der Waals surface area contributed by atoms with E-state index in [1.54, 1.807) is 24.0 Å². The largest absolute Gasteiger partial charge is 0.479 e. The second-order valence-electron chi connectivity index (χ2n) is 4.13. The molecule has 0 spiro atoms. The number of hydrogen-bond acceptors (Lipinski definition) is 3. The number of morpholine rings is 1. The Hall–Kier alpha value is -1.26. The molecule has 18 heavy (non-hydrogen) atoms. The second kappa shape index (κ2) is 6.07. The van der Waals surface area contributed by atoms with E-state index < -0.39 is 6.10 Å². The van der Waals surface area contributed by atoms with Crippen LogP contribution in [0.1, 0.15) is 6.92 Å². The Labute approximate surface area is 111 Å². The van der Waals surface area contributed by atoms with Crippen LogP contribution in [0.5, 0.6) is 5.75 Å². The molecule has 0 unspecified atom stereocenters. The predicted octanol–water partition coefficient (Wildman–Crippen LogP) is 1.97. The lowest BCUT2D eigenvalue weighted by Crippen LogP contribution is -2.46. The number of halogens is 1. The average Bonchev–Trinajstić information content (AvgIpc) is 2.41. The molecule has 1 fully saturated rings. The van der Waals surface area contributed by atoms with Crippen molar-refractivity contribution in [3.63, 3.8) is 0 Å². The Bertz CT molecular complexity index is 418. The highest BCUT2D eigenvalue weighted by atomic mass is 35.5. The van der Waals surface area contributed by atoms with E-state index in [0.29, 0.717) is 37.1 Å². The van der Waals surface area contributed by atoms with E-state index in [1.807, 2.05) is 12.1 Å². The molecule has 1 heterocycles. The van der Waals surface area contributed by atoms with E-state index in [-0.39, 0.29) is 5.91 Å². The highest BCUT2D eigenvalue weighted by Crippen LogP contribution is 2.24. The van der Waals surface area contributed by atoms with Crippen molar-refractivity contribution in [3.8, 4) is 5.75 Å². The molecule has 1 aliphatic rings. The molecule has 5 heteroatoms. The second-order valence-corrected chi connectivity index (χ2v) is 4.54. The number of benzene rings is 1. The van der Waals surface area contributed by atoms with Crippen molar-refractivity contribution in [2.24, 2.45) is 0 Å². The molecule has 0 saturated carbocycles. The van der Waals surface area contributed by atoms with Gasteiger partial charge in [-0.3, -0.25) is 4.79 Å². The van der Waals surface area contributed by atoms with Crippen molar-refractivity contribution in [2.75, 3.05) is 26.3 Å². The van der Waals surface area contributed by atoms with Crippen molar-refractivity contribution in [3.05, 3.63) is 29.3 Å². The lowest BCUT2D eigenvalue weighted by Gasteiger charge is -2.29. The summed E-state index contributed by atoms with van der Waals surface area (Å²) in [5.41, 5.74) is 0. The summed E-state index contributed by atoms with van der Waals surface area (Å²) in [4.78, 5) is 13.9. The number of amides is 1. The van der Waals surface area contributed by atoms with Crippen LogP contribution < -0.4 is 4.74 Å². The summed E-state index contributed by atoms with van der Waals surface area (Å²) in [6.07, 6.45) is -0.539. The zero-order valence-corrected chi connectivity index (χ0v) is 11.0. The van der Waals surface area contributed by atoms with Crippen LogP contribution in [0.15, 0.2) is 24.3 Å². The van der Waals surface area contributed by atoms with E-state index in [2.05, 4.69) is 0 Å². The molecule has 0 aromatic heterocycles. The Morgan fingerprint density at radius 1 is 1.39 bits per heavy atom. The van der Waals surface area contributed by atoms with Gasteiger partial charge in [-0.2, -0.15) is 0 Å². The third kappa shape index (κ3) is 3.15. The van der Waals surface area contributed by atoms with Crippen LogP contribution in [0.2, 0.25) is 5.02 Å². The van der Waals surface area contributed by atoms with Crippen molar-refractivity contribution in [1.82, 2.24) is 4.90 Å². The summed E-state index contributed by atoms with van der Waals surface area (Å²) in [7, 11) is 0. The van der Waals surface area contributed by atoms with Gasteiger partial charge in [-0.15, -0.1) is 0 Å². The summed E-state index contributed by atoms with van der Waals surface area (Å²) in [6.45, 7) is 4.15. The van der Waals surface area contributed by atoms with Crippen LogP contribution in [0.25, 0.3) is 0 Å². The Morgan fingerprint density at radius 2 is 2.06 bits per heavy atom. The molecule has 1 aromatic rings. The molecule has 0 bridgehead atoms. The normalized spacial score (nSPS) is 17.3. The van der Waals surface area contributed by atoms with Crippen molar-refractivity contribution < 1.29 is 14.3 Å². The summed E-state index contributed by atoms with van der Waals surface area (Å²) in [5.74, 6) is 0.506. The van der Waals surface area contributed by atoms with Crippen LogP contribution in [-0.2, 0) is 9.53 Å². The maximum atomic E-state index is 12.1. The molecule has 1 saturated heterocycles. The van der Waals surface area contributed by atoms with Gasteiger partial charge in [0, 0.05) is 13.1 Å². The Balaban J connectivity index is 1.96. The lowest BCUT2D eigenvalue weighted by atomic mass is 10.3. The maximum absolute atomic E-state index is 12.1. The standard InChI is InChI=1S/C13H16ClNO3/c1-10(13(16)15-6-8-17-9-7-15)18-12-5-3-2-4-11(12)14/h2-5,10H,6-9H2,1H3/t10-/m0/s1. The molecule has 0 radical (unpaired) electrons. The van der Waals surface area contributed by atoms with E-state index in [0.717, 1.165) is 0 Å². The predicted molar refractivity (Wildman–Crippen MR) is 68.9 cm³/mol. The average molecular weight is 270 g/mol. The van der Waals surface area contributed by atoms with Gasteiger partial charge in [0.05, 0.1) is 18.2 Å². The van der Waals surface area contributed by atoms with Crippen molar-refractivity contribution in [2.45, 2.75) is 13.0 Å². The van der Waals surface area contributed by atoms with E-state index in [4.69, 9.17) is 21.1 Å². The van der Waals surface area contributed by atoms with Gasteiger partial charge in [0.1, 0.15) is 5.75 Å². The molecule has 1 atom stereocenters. The van der Waals surface area contributed by atoms with Crippen LogP contribution in [0.4, 0.5) is 0 Å². The molecular weight excluding hydrogens is 254 g/mol. The number of nitrogens with zero attached hydrogens (tertiary/aromatic N) is 1. The first-order chi connectivity index (χ1) is 8.68. The van der Waals surface area contributed by atoms with Crippen molar-refractivity contribution in [1.29, 1.82) is 0 Å². The molecule has 1 aromatic carbocycles. The van der Waals surface area contributed by atoms with Gasteiger partial charge in [-0.1, -0.05) is 23.7 Å². The number of ether oxygens (including phenoxy) is 2. The van der Waals surface area contributed by atoms with Gasteiger partial charge in [0.2, 0.25) is 0 Å². The van der Waals surface area contributed by atoms with Gasteiger partial charge in [0.25, 0.3) is 5.91 Å². The number of hydrogen-bond donors (Lipinski definition) is 0. The quantitative estimate of drug-likeness (QED) is 0.842. The van der Waals surface area contributed by atoms with Gasteiger partial charge in [-0.25, -0.2) is 0 Å². The fourth-order valence-corrected chi connectivity index (χ4v) is 2.00. The number of carbonyl (C=O) groups excluding carboxylic acids is 1. The number of rotatable bonds is 3. The fraction of sp³-hybridized carbons (Fsp3) is 0.462. The minimum atomic E-state index is -0.539. The highest BCUT2D eigenvalue weighted by molar-refractivity contribution is 6.32. The minimum absolute atomic E-state index is 0.0294. The third-order valence-corrected chi connectivity index (χ3v) is 3.12. The van der Waals surface area contributed by atoms with E-state index >= 15 is 0 Å². The summed E-state index contributed by atoms with van der Waals surface area (Å²) >= 11 is 5.99. The zero-order valence-electron chi connectivity index (χ0n) is 10.3. The molecular formula is C13H16ClNO3. The molecule has 1 amide bonds. The van der Waals surface area contributed by atoms with Crippen molar-refractivity contribution >= 4 is 17.5 Å². The molecule has 0 N–H and O–H groups in total.